The molecule has 1 amide bonds. The molecule has 1 saturated heterocycles. The number of amides is 1. The molecule has 3 aromatic rings. The fraction of sp³-hybridized carbons (Fsp3) is 0.481. The van der Waals surface area contributed by atoms with Gasteiger partial charge in [0.2, 0.25) is 0 Å². The SMILES string of the molecule is CC(C)(C)OC(=O)N1CCCC(CCCn2c(Cc3ccc(Cl)cc3)nc3ccccc32)C1. The number of aryl methyl sites for hydroxylation is 1. The summed E-state index contributed by atoms with van der Waals surface area (Å²) in [6.07, 6.45) is 4.95. The van der Waals surface area contributed by atoms with Crippen LogP contribution < -0.4 is 0 Å². The van der Waals surface area contributed by atoms with Crippen LogP contribution in [-0.4, -0.2) is 39.2 Å². The van der Waals surface area contributed by atoms with E-state index in [4.69, 9.17) is 21.3 Å². The van der Waals surface area contributed by atoms with Crippen molar-refractivity contribution in [3.05, 3.63) is 64.9 Å². The molecule has 33 heavy (non-hydrogen) atoms. The van der Waals surface area contributed by atoms with Crippen LogP contribution in [0.1, 0.15) is 57.8 Å². The van der Waals surface area contributed by atoms with Gasteiger partial charge in [0.25, 0.3) is 0 Å². The van der Waals surface area contributed by atoms with Crippen LogP contribution in [0.5, 0.6) is 0 Å². The number of para-hydroxylation sites is 2. The predicted octanol–water partition coefficient (Wildman–Crippen LogP) is 6.71. The lowest BCUT2D eigenvalue weighted by molar-refractivity contribution is 0.0160. The summed E-state index contributed by atoms with van der Waals surface area (Å²) in [4.78, 5) is 19.3. The Kier molecular flexibility index (Phi) is 7.28. The quantitative estimate of drug-likeness (QED) is 0.404. The van der Waals surface area contributed by atoms with Gasteiger partial charge in [-0.05, 0) is 82.2 Å². The second-order valence-corrected chi connectivity index (χ2v) is 10.5. The highest BCUT2D eigenvalue weighted by Crippen LogP contribution is 2.25. The average molecular weight is 468 g/mol. The smallest absolute Gasteiger partial charge is 0.410 e. The van der Waals surface area contributed by atoms with Crippen molar-refractivity contribution in [2.45, 2.75) is 65.0 Å². The van der Waals surface area contributed by atoms with Crippen molar-refractivity contribution in [2.75, 3.05) is 13.1 Å². The number of rotatable bonds is 6. The summed E-state index contributed by atoms with van der Waals surface area (Å²) in [5.41, 5.74) is 2.97. The molecule has 2 aromatic carbocycles. The second-order valence-electron chi connectivity index (χ2n) is 10.0. The molecule has 0 spiro atoms. The van der Waals surface area contributed by atoms with Crippen molar-refractivity contribution >= 4 is 28.7 Å². The van der Waals surface area contributed by atoms with E-state index < -0.39 is 5.60 Å². The van der Waals surface area contributed by atoms with Gasteiger partial charge in [-0.15, -0.1) is 0 Å². The van der Waals surface area contributed by atoms with E-state index >= 15 is 0 Å². The number of likely N-dealkylation sites (tertiary alicyclic amines) is 1. The molecule has 0 radical (unpaired) electrons. The summed E-state index contributed by atoms with van der Waals surface area (Å²) in [6.45, 7) is 8.27. The number of halogens is 1. The van der Waals surface area contributed by atoms with Crippen molar-refractivity contribution in [3.8, 4) is 0 Å². The molecule has 6 heteroatoms. The number of ether oxygens (including phenoxy) is 1. The van der Waals surface area contributed by atoms with Crippen LogP contribution in [0, 0.1) is 5.92 Å². The number of hydrogen-bond donors (Lipinski definition) is 0. The first-order chi connectivity index (χ1) is 15.8. The summed E-state index contributed by atoms with van der Waals surface area (Å²) in [6, 6.07) is 16.4. The van der Waals surface area contributed by atoms with Crippen molar-refractivity contribution in [1.82, 2.24) is 14.5 Å². The van der Waals surface area contributed by atoms with Gasteiger partial charge in [0.05, 0.1) is 11.0 Å². The van der Waals surface area contributed by atoms with Crippen LogP contribution in [-0.2, 0) is 17.7 Å². The number of carbonyl (C=O) groups is 1. The maximum atomic E-state index is 12.5. The number of nitrogens with zero attached hydrogens (tertiary/aromatic N) is 3. The van der Waals surface area contributed by atoms with Crippen molar-refractivity contribution in [1.29, 1.82) is 0 Å². The van der Waals surface area contributed by atoms with Gasteiger partial charge in [-0.2, -0.15) is 0 Å². The number of imidazole rings is 1. The first kappa shape index (κ1) is 23.6. The van der Waals surface area contributed by atoms with Crippen LogP contribution in [0.15, 0.2) is 48.5 Å². The van der Waals surface area contributed by atoms with Gasteiger partial charge in [-0.3, -0.25) is 0 Å². The van der Waals surface area contributed by atoms with Crippen molar-refractivity contribution < 1.29 is 9.53 Å². The molecule has 0 bridgehead atoms. The number of aromatic nitrogens is 2. The Bertz CT molecular complexity index is 1080. The summed E-state index contributed by atoms with van der Waals surface area (Å²) in [5.74, 6) is 1.60. The molecule has 1 atom stereocenters. The lowest BCUT2D eigenvalue weighted by Gasteiger charge is -2.34. The predicted molar refractivity (Wildman–Crippen MR) is 134 cm³/mol. The number of carbonyl (C=O) groups excluding carboxylic acids is 1. The summed E-state index contributed by atoms with van der Waals surface area (Å²) in [7, 11) is 0. The zero-order valence-corrected chi connectivity index (χ0v) is 20.6. The zero-order chi connectivity index (χ0) is 23.4. The van der Waals surface area contributed by atoms with Gasteiger partial charge in [-0.25, -0.2) is 9.78 Å². The summed E-state index contributed by atoms with van der Waals surface area (Å²) >= 11 is 6.06. The fourth-order valence-electron chi connectivity index (χ4n) is 4.63. The molecule has 0 aliphatic carbocycles. The fourth-order valence-corrected chi connectivity index (χ4v) is 4.75. The van der Waals surface area contributed by atoms with Gasteiger partial charge in [-0.1, -0.05) is 35.9 Å². The highest BCUT2D eigenvalue weighted by Gasteiger charge is 2.27. The molecule has 5 nitrogen and oxygen atoms in total. The number of piperidine rings is 1. The third-order valence-corrected chi connectivity index (χ3v) is 6.43. The van der Waals surface area contributed by atoms with Crippen LogP contribution in [0.4, 0.5) is 4.79 Å². The Hall–Kier alpha value is -2.53. The van der Waals surface area contributed by atoms with E-state index in [1.807, 2.05) is 43.9 Å². The Morgan fingerprint density at radius 2 is 1.91 bits per heavy atom. The minimum absolute atomic E-state index is 0.182. The molecule has 1 fully saturated rings. The Morgan fingerprint density at radius 3 is 2.67 bits per heavy atom. The molecule has 2 heterocycles. The van der Waals surface area contributed by atoms with Gasteiger partial charge in [0.1, 0.15) is 11.4 Å². The molecule has 0 N–H and O–H groups in total. The van der Waals surface area contributed by atoms with Crippen molar-refractivity contribution in [3.63, 3.8) is 0 Å². The van der Waals surface area contributed by atoms with E-state index in [0.29, 0.717) is 5.92 Å². The highest BCUT2D eigenvalue weighted by atomic mass is 35.5. The third-order valence-electron chi connectivity index (χ3n) is 6.17. The maximum Gasteiger partial charge on any atom is 0.410 e. The summed E-state index contributed by atoms with van der Waals surface area (Å²) < 4.78 is 7.94. The van der Waals surface area contributed by atoms with Gasteiger partial charge < -0.3 is 14.2 Å². The molecule has 1 aliphatic heterocycles. The van der Waals surface area contributed by atoms with Crippen molar-refractivity contribution in [2.24, 2.45) is 5.92 Å². The van der Waals surface area contributed by atoms with E-state index in [1.54, 1.807) is 0 Å². The van der Waals surface area contributed by atoms with E-state index in [2.05, 4.69) is 34.9 Å². The highest BCUT2D eigenvalue weighted by molar-refractivity contribution is 6.30. The molecular weight excluding hydrogens is 434 g/mol. The van der Waals surface area contributed by atoms with Crippen LogP contribution in [0.25, 0.3) is 11.0 Å². The normalized spacial score (nSPS) is 16.8. The molecule has 1 unspecified atom stereocenters. The Morgan fingerprint density at radius 1 is 1.15 bits per heavy atom. The number of hydrogen-bond acceptors (Lipinski definition) is 3. The van der Waals surface area contributed by atoms with E-state index in [1.165, 1.54) is 17.5 Å². The van der Waals surface area contributed by atoms with Gasteiger partial charge >= 0.3 is 6.09 Å². The topological polar surface area (TPSA) is 47.4 Å². The average Bonchev–Trinajstić information content (AvgIpc) is 3.11. The number of benzene rings is 2. The minimum Gasteiger partial charge on any atom is -0.444 e. The first-order valence-corrected chi connectivity index (χ1v) is 12.3. The largest absolute Gasteiger partial charge is 0.444 e. The molecule has 0 saturated carbocycles. The Balaban J connectivity index is 1.40. The molecular formula is C27H34ClN3O2. The molecule has 176 valence electrons. The molecule has 4 rings (SSSR count). The van der Waals surface area contributed by atoms with E-state index in [9.17, 15) is 4.79 Å². The van der Waals surface area contributed by atoms with Gasteiger partial charge in [0, 0.05) is 31.1 Å². The second kappa shape index (κ2) is 10.2. The van der Waals surface area contributed by atoms with Gasteiger partial charge in [0.15, 0.2) is 0 Å². The lowest BCUT2D eigenvalue weighted by atomic mass is 9.93. The number of fused-ring (bicyclic) bond motifs is 1. The van der Waals surface area contributed by atoms with Crippen LogP contribution >= 0.6 is 11.6 Å². The molecule has 1 aliphatic rings. The van der Waals surface area contributed by atoms with E-state index in [-0.39, 0.29) is 6.09 Å². The Labute approximate surface area is 201 Å². The lowest BCUT2D eigenvalue weighted by Crippen LogP contribution is -2.42. The zero-order valence-electron chi connectivity index (χ0n) is 19.9. The first-order valence-electron chi connectivity index (χ1n) is 11.9. The minimum atomic E-state index is -0.451. The summed E-state index contributed by atoms with van der Waals surface area (Å²) in [5, 5.41) is 0.750. The maximum absolute atomic E-state index is 12.5. The monoisotopic (exact) mass is 467 g/mol. The van der Waals surface area contributed by atoms with E-state index in [0.717, 1.165) is 61.7 Å². The van der Waals surface area contributed by atoms with Crippen LogP contribution in [0.2, 0.25) is 5.02 Å². The third kappa shape index (κ3) is 6.29. The van der Waals surface area contributed by atoms with Crippen LogP contribution in [0.3, 0.4) is 0 Å². The molecule has 1 aromatic heterocycles. The standard InChI is InChI=1S/C27H34ClN3O2/c1-27(2,3)33-26(32)30-16-6-8-21(19-30)9-7-17-31-24-11-5-4-10-23(24)29-25(31)18-20-12-14-22(28)15-13-20/h4-5,10-15,21H,6-9,16-19H2,1-3H3.